The molecular weight excluding hydrogens is 272 g/mol. The van der Waals surface area contributed by atoms with Crippen LogP contribution in [0.5, 0.6) is 0 Å². The molecule has 0 aromatic carbocycles. The van der Waals surface area contributed by atoms with Crippen LogP contribution in [0.3, 0.4) is 0 Å². The number of rotatable bonds is 4. The van der Waals surface area contributed by atoms with Gasteiger partial charge in [0.25, 0.3) is 0 Å². The van der Waals surface area contributed by atoms with Crippen molar-refractivity contribution in [3.63, 3.8) is 0 Å². The molecule has 0 spiro atoms. The van der Waals surface area contributed by atoms with Gasteiger partial charge in [-0.3, -0.25) is 4.79 Å². The van der Waals surface area contributed by atoms with E-state index in [4.69, 9.17) is 0 Å². The zero-order chi connectivity index (χ0) is 12.1. The van der Waals surface area contributed by atoms with Crippen LogP contribution in [0.1, 0.15) is 19.8 Å². The Hall–Kier alpha value is -0.900. The quantitative estimate of drug-likeness (QED) is 0.589. The molecule has 0 aromatic rings. The van der Waals surface area contributed by atoms with Gasteiger partial charge in [0.2, 0.25) is 0 Å². The highest BCUT2D eigenvalue weighted by atomic mass is 79.9. The predicted molar refractivity (Wildman–Crippen MR) is 65.1 cm³/mol. The normalized spacial score (nSPS) is 24.9. The van der Waals surface area contributed by atoms with Crippen LogP contribution in [0.2, 0.25) is 0 Å². The molecule has 0 N–H and O–H groups in total. The summed E-state index contributed by atoms with van der Waals surface area (Å²) in [5.74, 6) is -0.0312. The number of methoxy groups -OCH3 is 1. The summed E-state index contributed by atoms with van der Waals surface area (Å²) in [4.78, 5) is 22.6. The molecule has 0 aromatic heterocycles. The Morgan fingerprint density at radius 2 is 2.31 bits per heavy atom. The van der Waals surface area contributed by atoms with Gasteiger partial charge in [-0.15, -0.1) is 0 Å². The van der Waals surface area contributed by atoms with Gasteiger partial charge in [0.15, 0.2) is 5.78 Å². The third kappa shape index (κ3) is 3.04. The van der Waals surface area contributed by atoms with Crippen LogP contribution in [0.4, 0.5) is 0 Å². The van der Waals surface area contributed by atoms with Crippen molar-refractivity contribution in [2.24, 2.45) is 11.8 Å². The van der Waals surface area contributed by atoms with Crippen molar-refractivity contribution in [3.05, 3.63) is 22.7 Å². The maximum atomic E-state index is 11.8. The largest absolute Gasteiger partial charge is 0.466 e. The topological polar surface area (TPSA) is 43.4 Å². The fourth-order valence-corrected chi connectivity index (χ4v) is 2.45. The molecule has 0 amide bonds. The summed E-state index contributed by atoms with van der Waals surface area (Å²) in [6.45, 7) is 2.05. The van der Waals surface area contributed by atoms with E-state index in [0.29, 0.717) is 10.9 Å². The number of ether oxygens (including phenoxy) is 1. The fraction of sp³-hybridized carbons (Fsp3) is 0.500. The minimum absolute atomic E-state index is 0.0414. The molecule has 1 aliphatic rings. The van der Waals surface area contributed by atoms with Gasteiger partial charge in [0, 0.05) is 12.0 Å². The molecular formula is C12H15BrO3. The number of carbonyl (C=O) groups is 2. The lowest BCUT2D eigenvalue weighted by Crippen LogP contribution is -2.15. The summed E-state index contributed by atoms with van der Waals surface area (Å²) in [5, 5.41) is 0. The first-order chi connectivity index (χ1) is 7.60. The number of hydrogen-bond acceptors (Lipinski definition) is 3. The summed E-state index contributed by atoms with van der Waals surface area (Å²) in [6, 6.07) is 0. The van der Waals surface area contributed by atoms with Gasteiger partial charge in [0.05, 0.1) is 11.6 Å². The number of esters is 1. The van der Waals surface area contributed by atoms with E-state index in [9.17, 15) is 9.59 Å². The van der Waals surface area contributed by atoms with Gasteiger partial charge < -0.3 is 4.74 Å². The van der Waals surface area contributed by atoms with Crippen LogP contribution in [0.25, 0.3) is 0 Å². The lowest BCUT2D eigenvalue weighted by molar-refractivity contribution is -0.134. The standard InChI is InChI=1S/C12H15BrO3/c1-3-8-7-10(13)12(15)9(8)5-4-6-11(14)16-2/h4,6-9H,3,5H2,1-2H3/b6-4+/t8-,9+/m0/s1. The van der Waals surface area contributed by atoms with Crippen LogP contribution in [0.15, 0.2) is 22.7 Å². The van der Waals surface area contributed by atoms with E-state index < -0.39 is 0 Å². The summed E-state index contributed by atoms with van der Waals surface area (Å²) in [7, 11) is 1.33. The van der Waals surface area contributed by atoms with Crippen LogP contribution in [-0.4, -0.2) is 18.9 Å². The molecule has 16 heavy (non-hydrogen) atoms. The van der Waals surface area contributed by atoms with Crippen molar-refractivity contribution in [2.75, 3.05) is 7.11 Å². The fourth-order valence-electron chi connectivity index (χ4n) is 1.82. The number of allylic oxidation sites excluding steroid dienone is 3. The number of hydrogen-bond donors (Lipinski definition) is 0. The average molecular weight is 287 g/mol. The molecule has 0 unspecified atom stereocenters. The average Bonchev–Trinajstić information content (AvgIpc) is 2.56. The Morgan fingerprint density at radius 1 is 1.62 bits per heavy atom. The van der Waals surface area contributed by atoms with E-state index in [1.807, 2.05) is 6.08 Å². The van der Waals surface area contributed by atoms with Crippen molar-refractivity contribution >= 4 is 27.7 Å². The summed E-state index contributed by atoms with van der Waals surface area (Å²) >= 11 is 3.26. The molecule has 3 nitrogen and oxygen atoms in total. The molecule has 88 valence electrons. The summed E-state index contributed by atoms with van der Waals surface area (Å²) in [6.07, 6.45) is 6.54. The van der Waals surface area contributed by atoms with Crippen LogP contribution < -0.4 is 0 Å². The third-order valence-corrected chi connectivity index (χ3v) is 3.42. The predicted octanol–water partition coefficient (Wildman–Crippen LogP) is 2.61. The minimum atomic E-state index is -0.384. The van der Waals surface area contributed by atoms with Crippen LogP contribution in [-0.2, 0) is 14.3 Å². The Bertz CT molecular complexity index is 344. The highest BCUT2D eigenvalue weighted by molar-refractivity contribution is 9.12. The smallest absolute Gasteiger partial charge is 0.330 e. The Morgan fingerprint density at radius 3 is 2.88 bits per heavy atom. The van der Waals surface area contributed by atoms with E-state index in [2.05, 4.69) is 27.6 Å². The number of ketones is 1. The molecule has 1 rings (SSSR count). The molecule has 1 aliphatic carbocycles. The molecule has 2 atom stereocenters. The summed E-state index contributed by atoms with van der Waals surface area (Å²) < 4.78 is 5.15. The maximum absolute atomic E-state index is 11.8. The summed E-state index contributed by atoms with van der Waals surface area (Å²) in [5.41, 5.74) is 0. The first kappa shape index (κ1) is 13.2. The van der Waals surface area contributed by atoms with Crippen LogP contribution in [0, 0.1) is 11.8 Å². The number of carbonyl (C=O) groups excluding carboxylic acids is 2. The second kappa shape index (κ2) is 5.99. The number of halogens is 1. The molecule has 0 saturated carbocycles. The van der Waals surface area contributed by atoms with E-state index in [-0.39, 0.29) is 23.6 Å². The van der Waals surface area contributed by atoms with Gasteiger partial charge in [-0.25, -0.2) is 4.79 Å². The molecule has 0 aliphatic heterocycles. The second-order valence-electron chi connectivity index (χ2n) is 3.72. The van der Waals surface area contributed by atoms with Gasteiger partial charge in [-0.1, -0.05) is 19.1 Å². The lowest BCUT2D eigenvalue weighted by atomic mass is 9.89. The van der Waals surface area contributed by atoms with E-state index in [0.717, 1.165) is 6.42 Å². The highest BCUT2D eigenvalue weighted by Gasteiger charge is 2.32. The molecule has 4 heteroatoms. The van der Waals surface area contributed by atoms with E-state index >= 15 is 0 Å². The van der Waals surface area contributed by atoms with Crippen molar-refractivity contribution in [1.29, 1.82) is 0 Å². The minimum Gasteiger partial charge on any atom is -0.466 e. The zero-order valence-corrected chi connectivity index (χ0v) is 11.0. The number of Topliss-reactive ketones (excluding diaryl/α,β-unsaturated/α-hetero) is 1. The Kier molecular flexibility index (Phi) is 4.93. The van der Waals surface area contributed by atoms with Crippen molar-refractivity contribution in [2.45, 2.75) is 19.8 Å². The second-order valence-corrected chi connectivity index (χ2v) is 4.57. The Labute approximate surface area is 104 Å². The van der Waals surface area contributed by atoms with Crippen molar-refractivity contribution < 1.29 is 14.3 Å². The molecule has 0 bridgehead atoms. The molecule has 0 radical (unpaired) electrons. The maximum Gasteiger partial charge on any atom is 0.330 e. The first-order valence-electron chi connectivity index (χ1n) is 5.26. The monoisotopic (exact) mass is 286 g/mol. The van der Waals surface area contributed by atoms with Gasteiger partial charge in [-0.2, -0.15) is 0 Å². The van der Waals surface area contributed by atoms with Gasteiger partial charge in [0.1, 0.15) is 0 Å². The Balaban J connectivity index is 2.58. The molecule has 0 fully saturated rings. The SMILES string of the molecule is CC[C@H]1C=C(Br)C(=O)[C@@H]1C/C=C/C(=O)OC. The van der Waals surface area contributed by atoms with Crippen LogP contribution >= 0.6 is 15.9 Å². The van der Waals surface area contributed by atoms with Crippen molar-refractivity contribution in [3.8, 4) is 0 Å². The van der Waals surface area contributed by atoms with Crippen molar-refractivity contribution in [1.82, 2.24) is 0 Å². The highest BCUT2D eigenvalue weighted by Crippen LogP contribution is 2.34. The molecule has 0 heterocycles. The molecule has 0 saturated heterocycles. The van der Waals surface area contributed by atoms with E-state index in [1.165, 1.54) is 13.2 Å². The van der Waals surface area contributed by atoms with E-state index in [1.54, 1.807) is 6.08 Å². The van der Waals surface area contributed by atoms with Gasteiger partial charge >= 0.3 is 5.97 Å². The first-order valence-corrected chi connectivity index (χ1v) is 6.05. The third-order valence-electron chi connectivity index (χ3n) is 2.77. The van der Waals surface area contributed by atoms with Gasteiger partial charge in [-0.05, 0) is 34.7 Å². The lowest BCUT2D eigenvalue weighted by Gasteiger charge is -2.13. The zero-order valence-electron chi connectivity index (χ0n) is 9.40.